The summed E-state index contributed by atoms with van der Waals surface area (Å²) in [7, 11) is 1.48. The van der Waals surface area contributed by atoms with Crippen LogP contribution in [0.4, 0.5) is 0 Å². The first kappa shape index (κ1) is 19.8. The van der Waals surface area contributed by atoms with Crippen LogP contribution in [0.5, 0.6) is 5.75 Å². The maximum absolute atomic E-state index is 12.9. The predicted molar refractivity (Wildman–Crippen MR) is 96.0 cm³/mol. The van der Waals surface area contributed by atoms with Gasteiger partial charge in [-0.15, -0.1) is 0 Å². The van der Waals surface area contributed by atoms with Crippen LogP contribution in [0.1, 0.15) is 37.6 Å². The highest BCUT2D eigenvalue weighted by molar-refractivity contribution is 5.99. The molecule has 1 aromatic carbocycles. The van der Waals surface area contributed by atoms with Crippen molar-refractivity contribution in [2.45, 2.75) is 33.2 Å². The van der Waals surface area contributed by atoms with Gasteiger partial charge in [-0.2, -0.15) is 0 Å². The van der Waals surface area contributed by atoms with E-state index in [0.29, 0.717) is 24.3 Å². The Morgan fingerprint density at radius 1 is 1.27 bits per heavy atom. The number of methoxy groups -OCH3 is 1. The molecule has 1 saturated heterocycles. The van der Waals surface area contributed by atoms with Crippen LogP contribution in [0.25, 0.3) is 0 Å². The Kier molecular flexibility index (Phi) is 5.90. The first-order chi connectivity index (χ1) is 12.2. The smallest absolute Gasteiger partial charge is 0.311 e. The first-order valence-corrected chi connectivity index (χ1v) is 8.65. The fourth-order valence-electron chi connectivity index (χ4n) is 3.09. The minimum atomic E-state index is -0.941. The highest BCUT2D eigenvalue weighted by Gasteiger charge is 2.44. The standard InChI is InChI=1S/C19H26N2O5/c1-12(2)15(17(23)21-10-9-19(3,11-21)18(24)25)20-16(22)13-7-5-6-8-14(13)26-4/h5-8,12,15H,9-11H2,1-4H3,(H,20,22)(H,24,25). The average Bonchev–Trinajstić information content (AvgIpc) is 3.02. The van der Waals surface area contributed by atoms with Crippen LogP contribution in [0.2, 0.25) is 0 Å². The lowest BCUT2D eigenvalue weighted by atomic mass is 9.90. The lowest BCUT2D eigenvalue weighted by Gasteiger charge is -2.28. The number of carboxylic acid groups (broad SMARTS) is 1. The van der Waals surface area contributed by atoms with Crippen molar-refractivity contribution < 1.29 is 24.2 Å². The SMILES string of the molecule is COc1ccccc1C(=O)NC(C(=O)N1CCC(C)(C(=O)O)C1)C(C)C. The summed E-state index contributed by atoms with van der Waals surface area (Å²) in [6.45, 7) is 5.85. The Bertz CT molecular complexity index is 703. The minimum absolute atomic E-state index is 0.141. The molecule has 0 bridgehead atoms. The zero-order chi connectivity index (χ0) is 19.5. The number of aliphatic carboxylic acids is 1. The van der Waals surface area contributed by atoms with Gasteiger partial charge in [-0.25, -0.2) is 0 Å². The molecule has 0 saturated carbocycles. The number of nitrogens with one attached hydrogen (secondary N) is 1. The van der Waals surface area contributed by atoms with Crippen LogP contribution in [-0.2, 0) is 9.59 Å². The highest BCUT2D eigenvalue weighted by atomic mass is 16.5. The summed E-state index contributed by atoms with van der Waals surface area (Å²) in [4.78, 5) is 38.5. The van der Waals surface area contributed by atoms with Gasteiger partial charge in [-0.3, -0.25) is 14.4 Å². The second-order valence-electron chi connectivity index (χ2n) is 7.27. The maximum Gasteiger partial charge on any atom is 0.311 e. The Morgan fingerprint density at radius 2 is 1.92 bits per heavy atom. The van der Waals surface area contributed by atoms with Crippen LogP contribution < -0.4 is 10.1 Å². The predicted octanol–water partition coefficient (Wildman–Crippen LogP) is 1.77. The van der Waals surface area contributed by atoms with Crippen molar-refractivity contribution in [3.05, 3.63) is 29.8 Å². The van der Waals surface area contributed by atoms with Gasteiger partial charge < -0.3 is 20.1 Å². The molecule has 0 aliphatic carbocycles. The molecule has 0 radical (unpaired) electrons. The molecule has 142 valence electrons. The third-order valence-corrected chi connectivity index (χ3v) is 4.87. The van der Waals surface area contributed by atoms with E-state index in [1.165, 1.54) is 12.0 Å². The Morgan fingerprint density at radius 3 is 2.46 bits per heavy atom. The zero-order valence-electron chi connectivity index (χ0n) is 15.6. The van der Waals surface area contributed by atoms with Gasteiger partial charge in [0.05, 0.1) is 18.1 Å². The van der Waals surface area contributed by atoms with Crippen molar-refractivity contribution in [1.29, 1.82) is 0 Å². The number of amides is 2. The van der Waals surface area contributed by atoms with Gasteiger partial charge in [0.15, 0.2) is 0 Å². The van der Waals surface area contributed by atoms with Gasteiger partial charge in [0.2, 0.25) is 5.91 Å². The number of hydrogen-bond acceptors (Lipinski definition) is 4. The number of para-hydroxylation sites is 1. The van der Waals surface area contributed by atoms with Gasteiger partial charge in [-0.1, -0.05) is 26.0 Å². The first-order valence-electron chi connectivity index (χ1n) is 8.65. The van der Waals surface area contributed by atoms with E-state index in [1.807, 2.05) is 13.8 Å². The molecule has 1 heterocycles. The molecule has 2 amide bonds. The van der Waals surface area contributed by atoms with E-state index in [4.69, 9.17) is 4.74 Å². The van der Waals surface area contributed by atoms with E-state index in [9.17, 15) is 19.5 Å². The third kappa shape index (κ3) is 3.98. The van der Waals surface area contributed by atoms with E-state index in [-0.39, 0.29) is 18.4 Å². The molecule has 2 N–H and O–H groups in total. The quantitative estimate of drug-likeness (QED) is 0.804. The van der Waals surface area contributed by atoms with E-state index in [2.05, 4.69) is 5.32 Å². The van der Waals surface area contributed by atoms with Crippen LogP contribution in [0.15, 0.2) is 24.3 Å². The average molecular weight is 362 g/mol. The number of benzene rings is 1. The summed E-state index contributed by atoms with van der Waals surface area (Å²) < 4.78 is 5.20. The molecular formula is C19H26N2O5. The van der Waals surface area contributed by atoms with Crippen LogP contribution in [0, 0.1) is 11.3 Å². The number of hydrogen-bond donors (Lipinski definition) is 2. The topological polar surface area (TPSA) is 95.9 Å². The molecule has 1 aromatic rings. The molecule has 7 nitrogen and oxygen atoms in total. The summed E-state index contributed by atoms with van der Waals surface area (Å²) in [5.41, 5.74) is -0.589. The number of ether oxygens (including phenoxy) is 1. The molecule has 26 heavy (non-hydrogen) atoms. The molecular weight excluding hydrogens is 336 g/mol. The lowest BCUT2D eigenvalue weighted by Crippen LogP contribution is -2.51. The molecule has 2 unspecified atom stereocenters. The number of carboxylic acids is 1. The Hall–Kier alpha value is -2.57. The third-order valence-electron chi connectivity index (χ3n) is 4.87. The summed E-state index contributed by atoms with van der Waals surface area (Å²) in [6, 6.07) is 6.07. The van der Waals surface area contributed by atoms with Crippen molar-refractivity contribution in [3.63, 3.8) is 0 Å². The van der Waals surface area contributed by atoms with Gasteiger partial charge in [0, 0.05) is 13.1 Å². The largest absolute Gasteiger partial charge is 0.496 e. The fourth-order valence-corrected chi connectivity index (χ4v) is 3.09. The number of carbonyl (C=O) groups excluding carboxylic acids is 2. The second kappa shape index (κ2) is 7.76. The monoisotopic (exact) mass is 362 g/mol. The number of nitrogens with zero attached hydrogens (tertiary/aromatic N) is 1. The normalized spacial score (nSPS) is 20.7. The minimum Gasteiger partial charge on any atom is -0.496 e. The summed E-state index contributed by atoms with van der Waals surface area (Å²) in [5, 5.41) is 12.1. The zero-order valence-corrected chi connectivity index (χ0v) is 15.6. The van der Waals surface area contributed by atoms with E-state index < -0.39 is 23.3 Å². The summed E-state index contributed by atoms with van der Waals surface area (Å²) in [6.07, 6.45) is 0.402. The molecule has 1 aliphatic heterocycles. The summed E-state index contributed by atoms with van der Waals surface area (Å²) in [5.74, 6) is -1.27. The number of carbonyl (C=O) groups is 3. The van der Waals surface area contributed by atoms with E-state index in [1.54, 1.807) is 31.2 Å². The van der Waals surface area contributed by atoms with E-state index >= 15 is 0 Å². The van der Waals surface area contributed by atoms with Crippen LogP contribution >= 0.6 is 0 Å². The second-order valence-corrected chi connectivity index (χ2v) is 7.27. The fraction of sp³-hybridized carbons (Fsp3) is 0.526. The van der Waals surface area contributed by atoms with Crippen molar-refractivity contribution >= 4 is 17.8 Å². The lowest BCUT2D eigenvalue weighted by molar-refractivity contribution is -0.147. The van der Waals surface area contributed by atoms with Gasteiger partial charge in [-0.05, 0) is 31.4 Å². The molecule has 2 atom stereocenters. The van der Waals surface area contributed by atoms with Gasteiger partial charge in [0.25, 0.3) is 5.91 Å². The summed E-state index contributed by atoms with van der Waals surface area (Å²) >= 11 is 0. The number of likely N-dealkylation sites (tertiary alicyclic amines) is 1. The molecule has 0 aromatic heterocycles. The molecule has 1 aliphatic rings. The van der Waals surface area contributed by atoms with E-state index in [0.717, 1.165) is 0 Å². The van der Waals surface area contributed by atoms with Crippen LogP contribution in [-0.4, -0.2) is 54.0 Å². The number of rotatable bonds is 6. The molecule has 0 spiro atoms. The maximum atomic E-state index is 12.9. The molecule has 2 rings (SSSR count). The highest BCUT2D eigenvalue weighted by Crippen LogP contribution is 2.31. The van der Waals surface area contributed by atoms with Gasteiger partial charge >= 0.3 is 5.97 Å². The van der Waals surface area contributed by atoms with Crippen molar-refractivity contribution in [2.75, 3.05) is 20.2 Å². The van der Waals surface area contributed by atoms with Gasteiger partial charge in [0.1, 0.15) is 11.8 Å². The Balaban J connectivity index is 2.15. The molecule has 7 heteroatoms. The Labute approximate surface area is 153 Å². The molecule has 1 fully saturated rings. The van der Waals surface area contributed by atoms with Crippen molar-refractivity contribution in [3.8, 4) is 5.75 Å². The van der Waals surface area contributed by atoms with Crippen molar-refractivity contribution in [2.24, 2.45) is 11.3 Å². The van der Waals surface area contributed by atoms with Crippen molar-refractivity contribution in [1.82, 2.24) is 10.2 Å². The van der Waals surface area contributed by atoms with Crippen LogP contribution in [0.3, 0.4) is 0 Å².